The van der Waals surface area contributed by atoms with Crippen molar-refractivity contribution >= 4 is 5.90 Å². The van der Waals surface area contributed by atoms with Gasteiger partial charge in [-0.15, -0.1) is 0 Å². The summed E-state index contributed by atoms with van der Waals surface area (Å²) < 4.78 is 42.2. The molecule has 0 saturated carbocycles. The number of ether oxygens (including phenoxy) is 1. The van der Waals surface area contributed by atoms with Gasteiger partial charge in [0.15, 0.2) is 0 Å². The molecule has 0 spiro atoms. The van der Waals surface area contributed by atoms with Gasteiger partial charge in [0.2, 0.25) is 5.90 Å². The van der Waals surface area contributed by atoms with E-state index in [-0.39, 0.29) is 12.2 Å². The highest BCUT2D eigenvalue weighted by molar-refractivity contribution is 5.93. The molecule has 1 aromatic rings. The van der Waals surface area contributed by atoms with Gasteiger partial charge in [-0.05, 0) is 19.1 Å². The normalized spacial score (nSPS) is 11.2. The Morgan fingerprint density at radius 3 is 2.47 bits per heavy atom. The molecule has 0 aliphatic heterocycles. The smallest absolute Gasteiger partial charge is 0.417 e. The van der Waals surface area contributed by atoms with Crippen LogP contribution in [0, 0.1) is 5.41 Å². The molecule has 0 radical (unpaired) electrons. The van der Waals surface area contributed by atoms with E-state index in [1.165, 1.54) is 18.2 Å². The minimum Gasteiger partial charge on any atom is -0.478 e. The maximum Gasteiger partial charge on any atom is 0.417 e. The minimum atomic E-state index is -4.46. The Kier molecular flexibility index (Phi) is 3.34. The van der Waals surface area contributed by atoms with Gasteiger partial charge in [-0.2, -0.15) is 13.2 Å². The molecule has 2 nitrogen and oxygen atoms in total. The van der Waals surface area contributed by atoms with E-state index in [9.17, 15) is 13.2 Å². The molecular weight excluding hydrogens is 207 g/mol. The lowest BCUT2D eigenvalue weighted by molar-refractivity contribution is -0.137. The molecule has 1 rings (SSSR count). The largest absolute Gasteiger partial charge is 0.478 e. The first kappa shape index (κ1) is 11.6. The fourth-order valence-electron chi connectivity index (χ4n) is 1.15. The van der Waals surface area contributed by atoms with Crippen LogP contribution in [0.5, 0.6) is 0 Å². The van der Waals surface area contributed by atoms with Crippen LogP contribution in [0.15, 0.2) is 24.3 Å². The highest BCUT2D eigenvalue weighted by atomic mass is 19.4. The van der Waals surface area contributed by atoms with Crippen molar-refractivity contribution in [1.82, 2.24) is 0 Å². The molecule has 1 aromatic carbocycles. The van der Waals surface area contributed by atoms with Crippen LogP contribution >= 0.6 is 0 Å². The molecule has 0 unspecified atom stereocenters. The maximum absolute atomic E-state index is 12.5. The number of halogens is 3. The second-order valence-electron chi connectivity index (χ2n) is 2.81. The van der Waals surface area contributed by atoms with Crippen molar-refractivity contribution < 1.29 is 17.9 Å². The lowest BCUT2D eigenvalue weighted by Gasteiger charge is -2.12. The SMILES string of the molecule is CCOC(=N)c1ccccc1C(F)(F)F. The van der Waals surface area contributed by atoms with Crippen molar-refractivity contribution in [2.24, 2.45) is 0 Å². The number of benzene rings is 1. The van der Waals surface area contributed by atoms with Crippen LogP contribution in [-0.2, 0) is 10.9 Å². The molecule has 0 amide bonds. The van der Waals surface area contributed by atoms with Crippen molar-refractivity contribution in [2.45, 2.75) is 13.1 Å². The fourth-order valence-corrected chi connectivity index (χ4v) is 1.15. The minimum absolute atomic E-state index is 0.172. The molecule has 0 aliphatic rings. The second kappa shape index (κ2) is 4.33. The Morgan fingerprint density at radius 1 is 1.33 bits per heavy atom. The Bertz CT molecular complexity index is 360. The van der Waals surface area contributed by atoms with E-state index >= 15 is 0 Å². The maximum atomic E-state index is 12.5. The number of hydrogen-bond acceptors (Lipinski definition) is 2. The molecular formula is C10H10F3NO. The summed E-state index contributed by atoms with van der Waals surface area (Å²) in [6, 6.07) is 4.88. The van der Waals surface area contributed by atoms with E-state index in [1.54, 1.807) is 6.92 Å². The number of nitrogens with one attached hydrogen (secondary N) is 1. The summed E-state index contributed by atoms with van der Waals surface area (Å²) >= 11 is 0. The first-order valence-corrected chi connectivity index (χ1v) is 4.34. The molecule has 1 N–H and O–H groups in total. The molecule has 0 bridgehead atoms. The van der Waals surface area contributed by atoms with E-state index in [0.29, 0.717) is 0 Å². The number of hydrogen-bond donors (Lipinski definition) is 1. The summed E-state index contributed by atoms with van der Waals surface area (Å²) in [5.41, 5.74) is -1.07. The molecule has 0 aliphatic carbocycles. The highest BCUT2D eigenvalue weighted by Gasteiger charge is 2.34. The molecule has 0 heterocycles. The summed E-state index contributed by atoms with van der Waals surface area (Å²) in [6.45, 7) is 1.79. The van der Waals surface area contributed by atoms with Gasteiger partial charge < -0.3 is 4.74 Å². The zero-order valence-electron chi connectivity index (χ0n) is 8.06. The predicted molar refractivity (Wildman–Crippen MR) is 49.9 cm³/mol. The van der Waals surface area contributed by atoms with Gasteiger partial charge in [0.1, 0.15) is 0 Å². The van der Waals surface area contributed by atoms with Gasteiger partial charge in [0.25, 0.3) is 0 Å². The first-order chi connectivity index (χ1) is 6.96. The Hall–Kier alpha value is -1.52. The molecule has 0 atom stereocenters. The van der Waals surface area contributed by atoms with Crippen molar-refractivity contribution in [3.8, 4) is 0 Å². The lowest BCUT2D eigenvalue weighted by Crippen LogP contribution is -2.14. The van der Waals surface area contributed by atoms with E-state index in [4.69, 9.17) is 10.1 Å². The Balaban J connectivity index is 3.12. The molecule has 0 aromatic heterocycles. The molecule has 15 heavy (non-hydrogen) atoms. The van der Waals surface area contributed by atoms with Crippen LogP contribution in [0.2, 0.25) is 0 Å². The number of rotatable bonds is 2. The monoisotopic (exact) mass is 217 g/mol. The number of alkyl halides is 3. The van der Waals surface area contributed by atoms with Gasteiger partial charge in [-0.3, -0.25) is 5.41 Å². The average Bonchev–Trinajstić information content (AvgIpc) is 2.17. The first-order valence-electron chi connectivity index (χ1n) is 4.34. The summed E-state index contributed by atoms with van der Waals surface area (Å²) in [5, 5.41) is 7.33. The van der Waals surface area contributed by atoms with Crippen LogP contribution in [-0.4, -0.2) is 12.5 Å². The third-order valence-electron chi connectivity index (χ3n) is 1.77. The third kappa shape index (κ3) is 2.71. The Morgan fingerprint density at radius 2 is 1.93 bits per heavy atom. The van der Waals surface area contributed by atoms with Crippen molar-refractivity contribution in [1.29, 1.82) is 5.41 Å². The lowest BCUT2D eigenvalue weighted by atomic mass is 10.1. The second-order valence-corrected chi connectivity index (χ2v) is 2.81. The van der Waals surface area contributed by atoms with Crippen molar-refractivity contribution in [3.63, 3.8) is 0 Å². The van der Waals surface area contributed by atoms with Crippen LogP contribution in [0.4, 0.5) is 13.2 Å². The molecule has 0 saturated heterocycles. The van der Waals surface area contributed by atoms with Gasteiger partial charge in [-0.25, -0.2) is 0 Å². The summed E-state index contributed by atoms with van der Waals surface area (Å²) in [5.74, 6) is -0.453. The van der Waals surface area contributed by atoms with Crippen LogP contribution in [0.1, 0.15) is 18.1 Å². The van der Waals surface area contributed by atoms with E-state index in [2.05, 4.69) is 0 Å². The zero-order valence-corrected chi connectivity index (χ0v) is 8.06. The topological polar surface area (TPSA) is 33.1 Å². The standard InChI is InChI=1S/C10H10F3NO/c1-2-15-9(14)7-5-3-4-6-8(7)10(11,12)13/h3-6,14H,2H2,1H3. The quantitative estimate of drug-likeness (QED) is 0.599. The molecule has 5 heteroatoms. The molecule has 0 fully saturated rings. The van der Waals surface area contributed by atoms with E-state index in [1.807, 2.05) is 0 Å². The highest BCUT2D eigenvalue weighted by Crippen LogP contribution is 2.31. The van der Waals surface area contributed by atoms with Crippen molar-refractivity contribution in [3.05, 3.63) is 35.4 Å². The van der Waals surface area contributed by atoms with Gasteiger partial charge in [0.05, 0.1) is 12.2 Å². The van der Waals surface area contributed by atoms with E-state index in [0.717, 1.165) is 6.07 Å². The van der Waals surface area contributed by atoms with Crippen LogP contribution in [0.25, 0.3) is 0 Å². The van der Waals surface area contributed by atoms with Gasteiger partial charge >= 0.3 is 6.18 Å². The van der Waals surface area contributed by atoms with Crippen LogP contribution in [0.3, 0.4) is 0 Å². The summed E-state index contributed by atoms with van der Waals surface area (Å²) in [4.78, 5) is 0. The van der Waals surface area contributed by atoms with E-state index < -0.39 is 17.6 Å². The van der Waals surface area contributed by atoms with Crippen LogP contribution < -0.4 is 0 Å². The third-order valence-corrected chi connectivity index (χ3v) is 1.77. The summed E-state index contributed by atoms with van der Waals surface area (Å²) in [6.07, 6.45) is -4.46. The van der Waals surface area contributed by atoms with Gasteiger partial charge in [0, 0.05) is 5.56 Å². The summed E-state index contributed by atoms with van der Waals surface area (Å²) in [7, 11) is 0. The van der Waals surface area contributed by atoms with Gasteiger partial charge in [-0.1, -0.05) is 12.1 Å². The fraction of sp³-hybridized carbons (Fsp3) is 0.300. The average molecular weight is 217 g/mol. The van der Waals surface area contributed by atoms with Crippen molar-refractivity contribution in [2.75, 3.05) is 6.61 Å². The predicted octanol–water partition coefficient (Wildman–Crippen LogP) is 3.07. The zero-order chi connectivity index (χ0) is 11.5. The molecule has 82 valence electrons. The Labute approximate surface area is 85.2 Å².